The van der Waals surface area contributed by atoms with Crippen molar-refractivity contribution in [1.29, 1.82) is 0 Å². The van der Waals surface area contributed by atoms with E-state index in [-0.39, 0.29) is 11.4 Å². The summed E-state index contributed by atoms with van der Waals surface area (Å²) in [5, 5.41) is 6.08. The first-order valence-electron chi connectivity index (χ1n) is 5.54. The van der Waals surface area contributed by atoms with Gasteiger partial charge >= 0.3 is 0 Å². The fourth-order valence-corrected chi connectivity index (χ4v) is 1.53. The van der Waals surface area contributed by atoms with E-state index in [9.17, 15) is 4.79 Å². The van der Waals surface area contributed by atoms with Crippen LogP contribution in [0.4, 0.5) is 0 Å². The lowest BCUT2D eigenvalue weighted by molar-refractivity contribution is -0.122. The van der Waals surface area contributed by atoms with Crippen LogP contribution in [0.25, 0.3) is 0 Å². The lowest BCUT2D eigenvalue weighted by Gasteiger charge is -2.25. The van der Waals surface area contributed by atoms with Gasteiger partial charge in [-0.15, -0.1) is 0 Å². The average molecular weight is 214 g/mol. The monoisotopic (exact) mass is 214 g/mol. The molecule has 0 aliphatic heterocycles. The zero-order valence-corrected chi connectivity index (χ0v) is 9.93. The SMILES string of the molecule is COCC(C)(C)NC(=O)CNCC1CC1. The third-order valence-electron chi connectivity index (χ3n) is 2.40. The molecule has 0 unspecified atom stereocenters. The Labute approximate surface area is 91.8 Å². The fourth-order valence-electron chi connectivity index (χ4n) is 1.53. The second-order valence-electron chi connectivity index (χ2n) is 4.94. The molecule has 1 aliphatic carbocycles. The number of amides is 1. The van der Waals surface area contributed by atoms with Crippen molar-refractivity contribution >= 4 is 5.91 Å². The van der Waals surface area contributed by atoms with Gasteiger partial charge in [0.2, 0.25) is 5.91 Å². The Bertz CT molecular complexity index is 213. The van der Waals surface area contributed by atoms with Gasteiger partial charge in [-0.1, -0.05) is 0 Å². The van der Waals surface area contributed by atoms with Crippen LogP contribution in [0.3, 0.4) is 0 Å². The number of carbonyl (C=O) groups excluding carboxylic acids is 1. The van der Waals surface area contributed by atoms with E-state index in [2.05, 4.69) is 10.6 Å². The van der Waals surface area contributed by atoms with Crippen LogP contribution in [-0.4, -0.2) is 38.3 Å². The molecule has 0 heterocycles. The number of rotatable bonds is 7. The molecule has 1 amide bonds. The van der Waals surface area contributed by atoms with Crippen molar-refractivity contribution in [2.45, 2.75) is 32.2 Å². The van der Waals surface area contributed by atoms with Crippen LogP contribution in [-0.2, 0) is 9.53 Å². The maximum atomic E-state index is 11.5. The highest BCUT2D eigenvalue weighted by atomic mass is 16.5. The first kappa shape index (κ1) is 12.5. The van der Waals surface area contributed by atoms with E-state index >= 15 is 0 Å². The van der Waals surface area contributed by atoms with Crippen LogP contribution in [0.2, 0.25) is 0 Å². The minimum absolute atomic E-state index is 0.0395. The Balaban J connectivity index is 2.10. The Morgan fingerprint density at radius 2 is 2.13 bits per heavy atom. The van der Waals surface area contributed by atoms with Crippen LogP contribution < -0.4 is 10.6 Å². The summed E-state index contributed by atoms with van der Waals surface area (Å²) in [5.41, 5.74) is -0.285. The number of ether oxygens (including phenoxy) is 1. The Kier molecular flexibility index (Phi) is 4.54. The molecule has 0 aromatic carbocycles. The predicted molar refractivity (Wildman–Crippen MR) is 59.7 cm³/mol. The normalized spacial score (nSPS) is 16.5. The first-order chi connectivity index (χ1) is 7.03. The van der Waals surface area contributed by atoms with Gasteiger partial charge < -0.3 is 15.4 Å². The zero-order valence-electron chi connectivity index (χ0n) is 9.93. The Morgan fingerprint density at radius 3 is 2.67 bits per heavy atom. The molecule has 1 fully saturated rings. The summed E-state index contributed by atoms with van der Waals surface area (Å²) in [5.74, 6) is 0.850. The molecular weight excluding hydrogens is 192 g/mol. The molecule has 1 aliphatic rings. The quantitative estimate of drug-likeness (QED) is 0.650. The molecule has 0 saturated heterocycles. The molecule has 0 radical (unpaired) electrons. The van der Waals surface area contributed by atoms with Crippen LogP contribution in [0.5, 0.6) is 0 Å². The molecule has 15 heavy (non-hydrogen) atoms. The van der Waals surface area contributed by atoms with Crippen LogP contribution in [0, 0.1) is 5.92 Å². The number of methoxy groups -OCH3 is 1. The topological polar surface area (TPSA) is 50.4 Å². The largest absolute Gasteiger partial charge is 0.382 e. The molecule has 1 rings (SSSR count). The highest BCUT2D eigenvalue weighted by molar-refractivity contribution is 5.78. The van der Waals surface area contributed by atoms with Gasteiger partial charge in [-0.25, -0.2) is 0 Å². The minimum atomic E-state index is -0.285. The number of carbonyl (C=O) groups is 1. The molecule has 0 atom stereocenters. The standard InChI is InChI=1S/C11H22N2O2/c1-11(2,8-15-3)13-10(14)7-12-6-9-4-5-9/h9,12H,4-8H2,1-3H3,(H,13,14). The Hall–Kier alpha value is -0.610. The van der Waals surface area contributed by atoms with E-state index in [1.807, 2.05) is 13.8 Å². The summed E-state index contributed by atoms with van der Waals surface area (Å²) in [4.78, 5) is 11.5. The lowest BCUT2D eigenvalue weighted by Crippen LogP contribution is -2.49. The van der Waals surface area contributed by atoms with Gasteiger partial charge in [-0.2, -0.15) is 0 Å². The summed E-state index contributed by atoms with van der Waals surface area (Å²) in [7, 11) is 1.64. The maximum absolute atomic E-state index is 11.5. The summed E-state index contributed by atoms with van der Waals surface area (Å²) in [6, 6.07) is 0. The molecule has 1 saturated carbocycles. The second kappa shape index (κ2) is 5.47. The van der Waals surface area contributed by atoms with Crippen LogP contribution in [0.1, 0.15) is 26.7 Å². The van der Waals surface area contributed by atoms with E-state index in [1.165, 1.54) is 12.8 Å². The van der Waals surface area contributed by atoms with Crippen LogP contribution >= 0.6 is 0 Å². The summed E-state index contributed by atoms with van der Waals surface area (Å²) in [6.45, 7) is 5.81. The smallest absolute Gasteiger partial charge is 0.234 e. The number of nitrogens with one attached hydrogen (secondary N) is 2. The third kappa shape index (κ3) is 5.74. The van der Waals surface area contributed by atoms with E-state index in [0.717, 1.165) is 12.5 Å². The van der Waals surface area contributed by atoms with Gasteiger partial charge in [-0.3, -0.25) is 4.79 Å². The zero-order chi connectivity index (χ0) is 11.3. The maximum Gasteiger partial charge on any atom is 0.234 e. The minimum Gasteiger partial charge on any atom is -0.382 e. The van der Waals surface area contributed by atoms with Crippen molar-refractivity contribution in [3.8, 4) is 0 Å². The van der Waals surface area contributed by atoms with E-state index < -0.39 is 0 Å². The first-order valence-corrected chi connectivity index (χ1v) is 5.54. The van der Waals surface area contributed by atoms with Gasteiger partial charge in [0, 0.05) is 7.11 Å². The Morgan fingerprint density at radius 1 is 1.47 bits per heavy atom. The molecule has 0 aromatic heterocycles. The van der Waals surface area contributed by atoms with E-state index in [4.69, 9.17) is 4.74 Å². The second-order valence-corrected chi connectivity index (χ2v) is 4.94. The fraction of sp³-hybridized carbons (Fsp3) is 0.909. The summed E-state index contributed by atoms with van der Waals surface area (Å²) >= 11 is 0. The van der Waals surface area contributed by atoms with Crippen molar-refractivity contribution in [1.82, 2.24) is 10.6 Å². The number of hydrogen-bond donors (Lipinski definition) is 2. The van der Waals surface area contributed by atoms with Crippen LogP contribution in [0.15, 0.2) is 0 Å². The average Bonchev–Trinajstić information content (AvgIpc) is 2.86. The van der Waals surface area contributed by atoms with Crippen molar-refractivity contribution in [3.63, 3.8) is 0 Å². The van der Waals surface area contributed by atoms with Crippen molar-refractivity contribution in [2.75, 3.05) is 26.8 Å². The molecule has 4 nitrogen and oxygen atoms in total. The molecule has 0 bridgehead atoms. The van der Waals surface area contributed by atoms with Gasteiger partial charge in [0.05, 0.1) is 18.7 Å². The highest BCUT2D eigenvalue weighted by Gasteiger charge is 2.22. The van der Waals surface area contributed by atoms with Crippen molar-refractivity contribution in [2.24, 2.45) is 5.92 Å². The lowest BCUT2D eigenvalue weighted by atomic mass is 10.1. The van der Waals surface area contributed by atoms with Crippen molar-refractivity contribution in [3.05, 3.63) is 0 Å². The molecule has 88 valence electrons. The highest BCUT2D eigenvalue weighted by Crippen LogP contribution is 2.27. The number of hydrogen-bond acceptors (Lipinski definition) is 3. The predicted octanol–water partition coefficient (Wildman–Crippen LogP) is 0.527. The van der Waals surface area contributed by atoms with Gasteiger partial charge in [0.25, 0.3) is 0 Å². The van der Waals surface area contributed by atoms with Gasteiger partial charge in [0.1, 0.15) is 0 Å². The molecule has 2 N–H and O–H groups in total. The third-order valence-corrected chi connectivity index (χ3v) is 2.40. The van der Waals surface area contributed by atoms with Gasteiger partial charge in [0.15, 0.2) is 0 Å². The molecular formula is C11H22N2O2. The molecule has 4 heteroatoms. The summed E-state index contributed by atoms with van der Waals surface area (Å²) in [6.07, 6.45) is 2.62. The van der Waals surface area contributed by atoms with E-state index in [1.54, 1.807) is 7.11 Å². The van der Waals surface area contributed by atoms with E-state index in [0.29, 0.717) is 13.2 Å². The molecule has 0 aromatic rings. The van der Waals surface area contributed by atoms with Crippen molar-refractivity contribution < 1.29 is 9.53 Å². The molecule has 0 spiro atoms. The summed E-state index contributed by atoms with van der Waals surface area (Å²) < 4.78 is 5.03. The van der Waals surface area contributed by atoms with Gasteiger partial charge in [-0.05, 0) is 39.2 Å².